The minimum Gasteiger partial charge on any atom is -0.480 e. The van der Waals surface area contributed by atoms with Crippen LogP contribution in [0, 0.1) is 0 Å². The van der Waals surface area contributed by atoms with Crippen LogP contribution in [-0.4, -0.2) is 67.3 Å². The van der Waals surface area contributed by atoms with E-state index in [2.05, 4.69) is 22.1 Å². The highest BCUT2D eigenvalue weighted by molar-refractivity contribution is 5.96. The molecule has 3 N–H and O–H groups in total. The first-order chi connectivity index (χ1) is 17.8. The van der Waals surface area contributed by atoms with Gasteiger partial charge in [0.25, 0.3) is 11.5 Å². The van der Waals surface area contributed by atoms with Crippen molar-refractivity contribution in [3.8, 4) is 0 Å². The molecule has 1 aromatic carbocycles. The van der Waals surface area contributed by atoms with Crippen molar-refractivity contribution in [3.05, 3.63) is 40.3 Å². The van der Waals surface area contributed by atoms with Gasteiger partial charge in [-0.2, -0.15) is 0 Å². The fraction of sp³-hybridized carbons (Fsp3) is 0.643. The Bertz CT molecular complexity index is 1160. The van der Waals surface area contributed by atoms with Gasteiger partial charge < -0.3 is 20.1 Å². The zero-order valence-corrected chi connectivity index (χ0v) is 21.9. The summed E-state index contributed by atoms with van der Waals surface area (Å²) in [6, 6.07) is 6.96. The van der Waals surface area contributed by atoms with Crippen LogP contribution in [0.25, 0.3) is 11.0 Å². The van der Waals surface area contributed by atoms with Crippen molar-refractivity contribution < 1.29 is 19.8 Å². The molecule has 9 heteroatoms. The van der Waals surface area contributed by atoms with Gasteiger partial charge in [0, 0.05) is 24.2 Å². The molecule has 1 saturated carbocycles. The number of hydrogen-bond donors (Lipinski definition) is 3. The van der Waals surface area contributed by atoms with E-state index >= 15 is 0 Å². The number of likely N-dealkylation sites (tertiary alicyclic amines) is 1. The number of nitrogens with one attached hydrogen (secondary N) is 1. The molecule has 202 valence electrons. The summed E-state index contributed by atoms with van der Waals surface area (Å²) in [6.45, 7) is 3.55. The van der Waals surface area contributed by atoms with Crippen LogP contribution in [0.4, 0.5) is 0 Å². The van der Waals surface area contributed by atoms with E-state index in [9.17, 15) is 24.6 Å². The van der Waals surface area contributed by atoms with E-state index in [-0.39, 0.29) is 11.7 Å². The van der Waals surface area contributed by atoms with E-state index in [1.54, 1.807) is 16.7 Å². The third-order valence-corrected chi connectivity index (χ3v) is 8.19. The van der Waals surface area contributed by atoms with Crippen LogP contribution < -0.4 is 10.9 Å². The van der Waals surface area contributed by atoms with E-state index in [0.29, 0.717) is 29.2 Å². The molecule has 1 aliphatic carbocycles. The quantitative estimate of drug-likeness (QED) is 0.494. The summed E-state index contributed by atoms with van der Waals surface area (Å²) < 4.78 is 1.64. The Kier molecular flexibility index (Phi) is 8.97. The number of rotatable bonds is 8. The summed E-state index contributed by atoms with van der Waals surface area (Å²) in [5, 5.41) is 20.8. The summed E-state index contributed by atoms with van der Waals surface area (Å²) in [5.41, 5.74) is 0.236. The number of carbonyl (C=O) groups is 2. The first-order valence-corrected chi connectivity index (χ1v) is 13.7. The van der Waals surface area contributed by atoms with Gasteiger partial charge in [-0.25, -0.2) is 9.78 Å². The topological polar surface area (TPSA) is 125 Å². The summed E-state index contributed by atoms with van der Waals surface area (Å²) in [7, 11) is 0. The van der Waals surface area contributed by atoms with Crippen molar-refractivity contribution in [3.63, 3.8) is 0 Å². The lowest BCUT2D eigenvalue weighted by Gasteiger charge is -2.38. The van der Waals surface area contributed by atoms with Gasteiger partial charge in [0.05, 0.1) is 17.6 Å². The molecule has 0 spiro atoms. The van der Waals surface area contributed by atoms with E-state index in [0.717, 1.165) is 19.3 Å². The summed E-state index contributed by atoms with van der Waals surface area (Å²) in [6.07, 6.45) is 12.0. The van der Waals surface area contributed by atoms with Gasteiger partial charge in [-0.3, -0.25) is 14.5 Å². The highest BCUT2D eigenvalue weighted by Gasteiger charge is 2.37. The number of para-hydroxylation sites is 2. The molecule has 2 heterocycles. The normalized spacial score (nSPS) is 23.3. The Balaban J connectivity index is 1.64. The molecule has 9 nitrogen and oxygen atoms in total. The smallest absolute Gasteiger partial charge is 0.328 e. The number of aromatic nitrogens is 2. The van der Waals surface area contributed by atoms with Crippen LogP contribution in [0.3, 0.4) is 0 Å². The number of aliphatic hydroxyl groups excluding tert-OH is 1. The third kappa shape index (κ3) is 6.04. The Morgan fingerprint density at radius 1 is 1.08 bits per heavy atom. The lowest BCUT2D eigenvalue weighted by Crippen LogP contribution is -2.46. The molecule has 37 heavy (non-hydrogen) atoms. The molecule has 0 bridgehead atoms. The number of carbonyl (C=O) groups excluding carboxylic acids is 1. The fourth-order valence-electron chi connectivity index (χ4n) is 6.37. The van der Waals surface area contributed by atoms with E-state index < -0.39 is 30.1 Å². The molecular weight excluding hydrogens is 472 g/mol. The molecule has 2 aliphatic rings. The number of aliphatic hydroxyl groups is 1. The summed E-state index contributed by atoms with van der Waals surface area (Å²) in [4.78, 5) is 44.8. The molecule has 4 atom stereocenters. The number of amides is 1. The van der Waals surface area contributed by atoms with Crippen molar-refractivity contribution >= 4 is 22.9 Å². The van der Waals surface area contributed by atoms with E-state index in [4.69, 9.17) is 0 Å². The second-order valence-electron chi connectivity index (χ2n) is 10.8. The minimum atomic E-state index is -1.51. The highest BCUT2D eigenvalue weighted by Crippen LogP contribution is 2.35. The van der Waals surface area contributed by atoms with E-state index in [1.165, 1.54) is 44.9 Å². The number of fused-ring (bicyclic) bond motifs is 1. The first kappa shape index (κ1) is 27.3. The maximum atomic E-state index is 13.6. The number of nitrogens with zero attached hydrogens (tertiary/aromatic N) is 3. The molecule has 4 rings (SSSR count). The van der Waals surface area contributed by atoms with Crippen LogP contribution in [0.5, 0.6) is 0 Å². The van der Waals surface area contributed by atoms with Crippen molar-refractivity contribution in [2.75, 3.05) is 6.61 Å². The van der Waals surface area contributed by atoms with Crippen molar-refractivity contribution in [1.29, 1.82) is 0 Å². The fourth-order valence-corrected chi connectivity index (χ4v) is 6.37. The van der Waals surface area contributed by atoms with Gasteiger partial charge in [0.2, 0.25) is 0 Å². The Labute approximate surface area is 217 Å². The summed E-state index contributed by atoms with van der Waals surface area (Å²) >= 11 is 0. The Morgan fingerprint density at radius 2 is 1.76 bits per heavy atom. The monoisotopic (exact) mass is 512 g/mol. The van der Waals surface area contributed by atoms with Crippen LogP contribution in [0.1, 0.15) is 94.6 Å². The largest absolute Gasteiger partial charge is 0.480 e. The molecule has 0 radical (unpaired) electrons. The number of hydrogen-bond acceptors (Lipinski definition) is 6. The molecular formula is C28H40N4O5. The average molecular weight is 513 g/mol. The predicted octanol–water partition coefficient (Wildman–Crippen LogP) is 3.49. The third-order valence-electron chi connectivity index (χ3n) is 8.19. The predicted molar refractivity (Wildman–Crippen MR) is 142 cm³/mol. The number of carboxylic acid groups (broad SMARTS) is 1. The molecule has 0 unspecified atom stereocenters. The van der Waals surface area contributed by atoms with Crippen LogP contribution >= 0.6 is 0 Å². The standard InChI is InChI=1S/C28H40N4O5/c1-18-14-15-21(31(18)20-10-6-4-3-5-7-11-20)16-19(2)32-24-13-9-8-12-22(24)29-25(27(32)35)26(34)30-23(17-33)28(36)37/h8-9,12-13,18-21,23,33H,3-7,10-11,14-17H2,1-2H3,(H,30,34)(H,36,37)/t18-,19-,21-,23-/m0/s1. The van der Waals surface area contributed by atoms with Crippen LogP contribution in [0.15, 0.2) is 29.1 Å². The Morgan fingerprint density at radius 3 is 2.43 bits per heavy atom. The van der Waals surface area contributed by atoms with Gasteiger partial charge in [0.15, 0.2) is 11.7 Å². The zero-order valence-electron chi connectivity index (χ0n) is 21.9. The maximum absolute atomic E-state index is 13.6. The van der Waals surface area contributed by atoms with E-state index in [1.807, 2.05) is 19.1 Å². The van der Waals surface area contributed by atoms with Crippen molar-refractivity contribution in [2.45, 2.75) is 108 Å². The lowest BCUT2D eigenvalue weighted by molar-refractivity contribution is -0.140. The van der Waals surface area contributed by atoms with Crippen LogP contribution in [-0.2, 0) is 4.79 Å². The molecule has 1 amide bonds. The van der Waals surface area contributed by atoms with Gasteiger partial charge in [-0.1, -0.05) is 44.2 Å². The second-order valence-corrected chi connectivity index (χ2v) is 10.8. The second kappa shape index (κ2) is 12.2. The zero-order chi connectivity index (χ0) is 26.5. The summed E-state index contributed by atoms with van der Waals surface area (Å²) in [5.74, 6) is -2.28. The van der Waals surface area contributed by atoms with Gasteiger partial charge in [-0.15, -0.1) is 0 Å². The van der Waals surface area contributed by atoms with Gasteiger partial charge >= 0.3 is 5.97 Å². The molecule has 1 aliphatic heterocycles. The molecule has 1 aromatic heterocycles. The van der Waals surface area contributed by atoms with Crippen molar-refractivity contribution in [2.24, 2.45) is 0 Å². The number of aliphatic carboxylic acids is 1. The van der Waals surface area contributed by atoms with Gasteiger partial charge in [0.1, 0.15) is 0 Å². The lowest BCUT2D eigenvalue weighted by atomic mass is 9.94. The molecule has 1 saturated heterocycles. The Hall–Kier alpha value is -2.78. The minimum absolute atomic E-state index is 0.189. The highest BCUT2D eigenvalue weighted by atomic mass is 16.4. The average Bonchev–Trinajstić information content (AvgIpc) is 3.21. The SMILES string of the molecule is C[C@H]1CC[C@@H](C[C@H](C)n2c(=O)c(C(=O)N[C@@H](CO)C(=O)O)nc3ccccc32)N1C1CCCCCCC1. The molecule has 2 fully saturated rings. The first-order valence-electron chi connectivity index (χ1n) is 13.7. The molecule has 2 aromatic rings. The maximum Gasteiger partial charge on any atom is 0.328 e. The number of carboxylic acids is 1. The van der Waals surface area contributed by atoms with Crippen LogP contribution in [0.2, 0.25) is 0 Å². The van der Waals surface area contributed by atoms with Crippen molar-refractivity contribution in [1.82, 2.24) is 19.8 Å². The van der Waals surface area contributed by atoms with Gasteiger partial charge in [-0.05, 0) is 58.1 Å². The number of benzene rings is 1.